The number of nitrogen functional groups attached to an aromatic ring is 1. The zero-order valence-corrected chi connectivity index (χ0v) is 13.2. The normalized spacial score (nSPS) is 11.5. The number of hydrogen-bond donors (Lipinski definition) is 1. The molecule has 0 aliphatic heterocycles. The average Bonchev–Trinajstić information content (AvgIpc) is 2.89. The van der Waals surface area contributed by atoms with Crippen molar-refractivity contribution >= 4 is 26.3 Å². The molecule has 0 saturated heterocycles. The molecule has 0 spiro atoms. The molecule has 2 N–H and O–H groups in total. The van der Waals surface area contributed by atoms with Crippen LogP contribution in [-0.2, 0) is 9.84 Å². The van der Waals surface area contributed by atoms with Gasteiger partial charge in [-0.25, -0.2) is 23.4 Å². The fourth-order valence-corrected chi connectivity index (χ4v) is 3.31. The Labute approximate surface area is 131 Å². The maximum absolute atomic E-state index is 11.6. The average molecular weight is 332 g/mol. The molecule has 0 saturated carbocycles. The van der Waals surface area contributed by atoms with E-state index >= 15 is 0 Å². The van der Waals surface area contributed by atoms with E-state index in [0.29, 0.717) is 16.5 Å². The van der Waals surface area contributed by atoms with Crippen molar-refractivity contribution in [1.29, 1.82) is 0 Å². The Hall–Kier alpha value is -2.32. The molecule has 6 nitrogen and oxygen atoms in total. The molecule has 0 fully saturated rings. The summed E-state index contributed by atoms with van der Waals surface area (Å²) in [5, 5.41) is 0.170. The zero-order valence-electron chi connectivity index (χ0n) is 11.6. The summed E-state index contributed by atoms with van der Waals surface area (Å²) in [6, 6.07) is 11.2. The Bertz CT molecular complexity index is 921. The first-order valence-electron chi connectivity index (χ1n) is 6.30. The maximum atomic E-state index is 11.6. The summed E-state index contributed by atoms with van der Waals surface area (Å²) in [7, 11) is -3.48. The number of benzene rings is 1. The van der Waals surface area contributed by atoms with Crippen LogP contribution in [0.25, 0.3) is 21.8 Å². The Morgan fingerprint density at radius 3 is 2.50 bits per heavy atom. The number of rotatable bonds is 3. The smallest absolute Gasteiger partial charge is 0.247 e. The van der Waals surface area contributed by atoms with Crippen molar-refractivity contribution in [2.75, 3.05) is 12.0 Å². The van der Waals surface area contributed by atoms with Crippen LogP contribution in [0.4, 0.5) is 5.13 Å². The quantitative estimate of drug-likeness (QED) is 0.739. The third kappa shape index (κ3) is 2.83. The predicted molar refractivity (Wildman–Crippen MR) is 86.1 cm³/mol. The lowest BCUT2D eigenvalue weighted by Gasteiger charge is -2.03. The highest BCUT2D eigenvalue weighted by atomic mass is 32.2. The van der Waals surface area contributed by atoms with Crippen LogP contribution in [0.1, 0.15) is 0 Å². The number of anilines is 1. The molecule has 112 valence electrons. The Morgan fingerprint density at radius 1 is 1.09 bits per heavy atom. The van der Waals surface area contributed by atoms with E-state index in [9.17, 15) is 8.42 Å². The van der Waals surface area contributed by atoms with Gasteiger partial charge in [-0.3, -0.25) is 0 Å². The Balaban J connectivity index is 2.18. The van der Waals surface area contributed by atoms with Gasteiger partial charge in [-0.05, 0) is 11.6 Å². The SMILES string of the molecule is CS(=O)(=O)c1nccc(-c2nc(N)sc2-c2ccccc2)n1. The van der Waals surface area contributed by atoms with Crippen LogP contribution < -0.4 is 5.73 Å². The largest absolute Gasteiger partial charge is 0.375 e. The van der Waals surface area contributed by atoms with Crippen molar-refractivity contribution in [3.8, 4) is 21.8 Å². The van der Waals surface area contributed by atoms with E-state index in [1.54, 1.807) is 6.07 Å². The molecule has 0 amide bonds. The lowest BCUT2D eigenvalue weighted by atomic mass is 10.1. The van der Waals surface area contributed by atoms with Crippen LogP contribution in [0, 0.1) is 0 Å². The van der Waals surface area contributed by atoms with Gasteiger partial charge in [-0.15, -0.1) is 0 Å². The molecule has 0 atom stereocenters. The van der Waals surface area contributed by atoms with Crippen LogP contribution in [0.2, 0.25) is 0 Å². The summed E-state index contributed by atoms with van der Waals surface area (Å²) in [5.41, 5.74) is 7.76. The maximum Gasteiger partial charge on any atom is 0.247 e. The minimum Gasteiger partial charge on any atom is -0.375 e. The highest BCUT2D eigenvalue weighted by molar-refractivity contribution is 7.90. The van der Waals surface area contributed by atoms with Gasteiger partial charge >= 0.3 is 0 Å². The highest BCUT2D eigenvalue weighted by Crippen LogP contribution is 2.37. The number of nitrogens with two attached hydrogens (primary N) is 1. The van der Waals surface area contributed by atoms with Crippen molar-refractivity contribution < 1.29 is 8.42 Å². The van der Waals surface area contributed by atoms with Crippen LogP contribution >= 0.6 is 11.3 Å². The predicted octanol–water partition coefficient (Wildman–Crippen LogP) is 2.25. The first-order valence-corrected chi connectivity index (χ1v) is 9.01. The second kappa shape index (κ2) is 5.47. The molecule has 3 rings (SSSR count). The molecule has 8 heteroatoms. The number of hydrogen-bond acceptors (Lipinski definition) is 7. The van der Waals surface area contributed by atoms with E-state index in [1.165, 1.54) is 17.5 Å². The zero-order chi connectivity index (χ0) is 15.7. The number of thiazole rings is 1. The summed E-state index contributed by atoms with van der Waals surface area (Å²) in [5.74, 6) is 0. The Morgan fingerprint density at radius 2 is 1.82 bits per heavy atom. The lowest BCUT2D eigenvalue weighted by molar-refractivity contribution is 0.593. The van der Waals surface area contributed by atoms with E-state index in [2.05, 4.69) is 15.0 Å². The van der Waals surface area contributed by atoms with Crippen molar-refractivity contribution in [3.63, 3.8) is 0 Å². The lowest BCUT2D eigenvalue weighted by Crippen LogP contribution is -2.04. The van der Waals surface area contributed by atoms with Gasteiger partial charge in [0.1, 0.15) is 5.69 Å². The highest BCUT2D eigenvalue weighted by Gasteiger charge is 2.18. The second-order valence-corrected chi connectivity index (χ2v) is 7.53. The van der Waals surface area contributed by atoms with Crippen molar-refractivity contribution in [1.82, 2.24) is 15.0 Å². The first kappa shape index (κ1) is 14.6. The van der Waals surface area contributed by atoms with Gasteiger partial charge in [0.05, 0.1) is 10.6 Å². The van der Waals surface area contributed by atoms with E-state index in [0.717, 1.165) is 16.7 Å². The minimum absolute atomic E-state index is 0.226. The van der Waals surface area contributed by atoms with Crippen LogP contribution in [0.3, 0.4) is 0 Å². The van der Waals surface area contributed by atoms with E-state index < -0.39 is 9.84 Å². The van der Waals surface area contributed by atoms with E-state index in [4.69, 9.17) is 5.73 Å². The van der Waals surface area contributed by atoms with Crippen molar-refractivity contribution in [3.05, 3.63) is 42.6 Å². The number of sulfone groups is 1. The molecule has 0 unspecified atom stereocenters. The third-order valence-electron chi connectivity index (χ3n) is 2.89. The summed E-state index contributed by atoms with van der Waals surface area (Å²) in [6.45, 7) is 0. The van der Waals surface area contributed by atoms with Gasteiger partial charge in [-0.2, -0.15) is 0 Å². The second-order valence-electron chi connectivity index (χ2n) is 4.59. The molecule has 22 heavy (non-hydrogen) atoms. The first-order chi connectivity index (χ1) is 10.4. The summed E-state index contributed by atoms with van der Waals surface area (Å²) in [6.07, 6.45) is 2.47. The van der Waals surface area contributed by atoms with E-state index in [1.807, 2.05) is 30.3 Å². The van der Waals surface area contributed by atoms with Gasteiger partial charge in [0.2, 0.25) is 15.0 Å². The Kier molecular flexibility index (Phi) is 3.63. The van der Waals surface area contributed by atoms with Gasteiger partial charge in [0, 0.05) is 12.5 Å². The van der Waals surface area contributed by atoms with Gasteiger partial charge in [-0.1, -0.05) is 41.7 Å². The van der Waals surface area contributed by atoms with Crippen LogP contribution in [-0.4, -0.2) is 29.6 Å². The number of aromatic nitrogens is 3. The summed E-state index contributed by atoms with van der Waals surface area (Å²) >= 11 is 1.33. The molecule has 2 heterocycles. The number of nitrogens with zero attached hydrogens (tertiary/aromatic N) is 3. The monoisotopic (exact) mass is 332 g/mol. The summed E-state index contributed by atoms with van der Waals surface area (Å²) in [4.78, 5) is 13.0. The van der Waals surface area contributed by atoms with Crippen LogP contribution in [0.5, 0.6) is 0 Å². The third-order valence-corrected chi connectivity index (χ3v) is 4.68. The minimum atomic E-state index is -3.48. The molecule has 0 radical (unpaired) electrons. The molecule has 0 bridgehead atoms. The molecular formula is C14H12N4O2S2. The topological polar surface area (TPSA) is 98.8 Å². The fourth-order valence-electron chi connectivity index (χ4n) is 1.95. The summed E-state index contributed by atoms with van der Waals surface area (Å²) < 4.78 is 23.2. The van der Waals surface area contributed by atoms with Crippen molar-refractivity contribution in [2.24, 2.45) is 0 Å². The van der Waals surface area contributed by atoms with Crippen LogP contribution in [0.15, 0.2) is 47.8 Å². The molecular weight excluding hydrogens is 320 g/mol. The molecule has 0 aliphatic rings. The molecule has 2 aromatic heterocycles. The van der Waals surface area contributed by atoms with Gasteiger partial charge in [0.15, 0.2) is 5.13 Å². The van der Waals surface area contributed by atoms with E-state index in [-0.39, 0.29) is 5.16 Å². The fraction of sp³-hybridized carbons (Fsp3) is 0.0714. The molecule has 0 aliphatic carbocycles. The molecule has 1 aromatic carbocycles. The van der Waals surface area contributed by atoms with Crippen molar-refractivity contribution in [2.45, 2.75) is 5.16 Å². The molecule has 3 aromatic rings. The van der Waals surface area contributed by atoms with Gasteiger partial charge in [0.25, 0.3) is 0 Å². The van der Waals surface area contributed by atoms with Gasteiger partial charge < -0.3 is 5.73 Å². The standard InChI is InChI=1S/C14H12N4O2S2/c1-22(19,20)14-16-8-7-10(17-14)11-12(21-13(15)18-11)9-5-3-2-4-6-9/h2-8H,1H3,(H2,15,18).